The molecule has 1 aliphatic rings. The largest absolute Gasteiger partial charge is 0.487 e. The highest BCUT2D eigenvalue weighted by Gasteiger charge is 2.27. The Kier molecular flexibility index (Phi) is 3.80. The Balaban J connectivity index is 1.88. The van der Waals surface area contributed by atoms with Crippen molar-refractivity contribution < 1.29 is 4.74 Å². The summed E-state index contributed by atoms with van der Waals surface area (Å²) < 4.78 is 5.99. The number of hydrazine groups is 1. The number of benzene rings is 1. The van der Waals surface area contributed by atoms with Gasteiger partial charge in [-0.25, -0.2) is 5.84 Å². The van der Waals surface area contributed by atoms with Gasteiger partial charge in [-0.1, -0.05) is 12.1 Å². The van der Waals surface area contributed by atoms with Gasteiger partial charge < -0.3 is 9.75 Å². The summed E-state index contributed by atoms with van der Waals surface area (Å²) in [6.07, 6.45) is 6.06. The van der Waals surface area contributed by atoms with Crippen molar-refractivity contribution in [3.05, 3.63) is 53.3 Å². The van der Waals surface area contributed by atoms with Crippen molar-refractivity contribution in [2.75, 3.05) is 12.1 Å². The zero-order chi connectivity index (χ0) is 14.8. The highest BCUT2D eigenvalue weighted by molar-refractivity contribution is 5.57. The van der Waals surface area contributed by atoms with Gasteiger partial charge in [0.25, 0.3) is 0 Å². The van der Waals surface area contributed by atoms with Crippen LogP contribution in [0.5, 0.6) is 5.75 Å². The molecule has 21 heavy (non-hydrogen) atoms. The number of hydrogen-bond acceptors (Lipinski definition) is 4. The summed E-state index contributed by atoms with van der Waals surface area (Å²) >= 11 is 0. The maximum Gasteiger partial charge on any atom is 0.140 e. The average Bonchev–Trinajstić information content (AvgIpc) is 3.30. The third-order valence-electron chi connectivity index (χ3n) is 3.95. The molecule has 3 rings (SSSR count). The zero-order valence-corrected chi connectivity index (χ0v) is 12.5. The second-order valence-corrected chi connectivity index (χ2v) is 5.66. The predicted octanol–water partition coefficient (Wildman–Crippen LogP) is 3.16. The molecule has 1 aromatic carbocycles. The molecule has 110 valence electrons. The minimum Gasteiger partial charge on any atom is -0.487 e. The van der Waals surface area contributed by atoms with Crippen LogP contribution in [0.4, 0.5) is 5.69 Å². The molecule has 0 spiro atoms. The predicted molar refractivity (Wildman–Crippen MR) is 84.3 cm³/mol. The van der Waals surface area contributed by atoms with Gasteiger partial charge in [0, 0.05) is 18.8 Å². The molecule has 1 fully saturated rings. The first kappa shape index (κ1) is 13.9. The number of ether oxygens (including phenoxy) is 1. The average molecular weight is 283 g/mol. The number of pyridine rings is 1. The van der Waals surface area contributed by atoms with E-state index in [4.69, 9.17) is 10.6 Å². The Morgan fingerprint density at radius 2 is 2.14 bits per heavy atom. The van der Waals surface area contributed by atoms with Crippen molar-refractivity contribution >= 4 is 5.69 Å². The molecular weight excluding hydrogens is 262 g/mol. The minimum absolute atomic E-state index is 0.524. The Hall–Kier alpha value is -2.07. The molecule has 1 heterocycles. The van der Waals surface area contributed by atoms with Crippen molar-refractivity contribution in [2.45, 2.75) is 32.3 Å². The van der Waals surface area contributed by atoms with Crippen LogP contribution in [0, 0.1) is 6.92 Å². The quantitative estimate of drug-likeness (QED) is 0.676. The van der Waals surface area contributed by atoms with Gasteiger partial charge in [-0.15, -0.1) is 0 Å². The summed E-state index contributed by atoms with van der Waals surface area (Å²) in [5.41, 5.74) is 4.68. The van der Waals surface area contributed by atoms with Crippen LogP contribution in [0.1, 0.15) is 35.4 Å². The van der Waals surface area contributed by atoms with Crippen molar-refractivity contribution in [1.82, 2.24) is 4.98 Å². The normalized spacial score (nSPS) is 14.0. The van der Waals surface area contributed by atoms with Crippen LogP contribution >= 0.6 is 0 Å². The summed E-state index contributed by atoms with van der Waals surface area (Å²) in [6, 6.07) is 8.27. The summed E-state index contributed by atoms with van der Waals surface area (Å²) in [6.45, 7) is 2.55. The topological polar surface area (TPSA) is 51.4 Å². The van der Waals surface area contributed by atoms with Crippen molar-refractivity contribution in [2.24, 2.45) is 5.84 Å². The lowest BCUT2D eigenvalue weighted by molar-refractivity contribution is 0.302. The molecule has 0 radical (unpaired) electrons. The lowest BCUT2D eigenvalue weighted by atomic mass is 10.0. The number of aryl methyl sites for hydroxylation is 1. The SMILES string of the molecule is Cc1ccncc1OCc1c(C2CC2)cccc1N(C)N. The van der Waals surface area contributed by atoms with Crippen LogP contribution < -0.4 is 15.6 Å². The second-order valence-electron chi connectivity index (χ2n) is 5.66. The van der Waals surface area contributed by atoms with Gasteiger partial charge >= 0.3 is 0 Å². The molecular formula is C17H21N3O. The van der Waals surface area contributed by atoms with Gasteiger partial charge in [0.1, 0.15) is 12.4 Å². The fourth-order valence-corrected chi connectivity index (χ4v) is 2.61. The van der Waals surface area contributed by atoms with E-state index < -0.39 is 0 Å². The fourth-order valence-electron chi connectivity index (χ4n) is 2.61. The maximum atomic E-state index is 5.99. The maximum absolute atomic E-state index is 5.99. The summed E-state index contributed by atoms with van der Waals surface area (Å²) in [4.78, 5) is 4.13. The van der Waals surface area contributed by atoms with Gasteiger partial charge in [0.15, 0.2) is 0 Å². The van der Waals surface area contributed by atoms with Gasteiger partial charge in [-0.05, 0) is 48.9 Å². The van der Waals surface area contributed by atoms with E-state index in [-0.39, 0.29) is 0 Å². The van der Waals surface area contributed by atoms with E-state index in [9.17, 15) is 0 Å². The first-order valence-electron chi connectivity index (χ1n) is 7.30. The second kappa shape index (κ2) is 5.74. The Morgan fingerprint density at radius 1 is 1.33 bits per heavy atom. The minimum atomic E-state index is 0.524. The molecule has 0 aliphatic heterocycles. The lowest BCUT2D eigenvalue weighted by Gasteiger charge is -2.20. The molecule has 4 heteroatoms. The number of anilines is 1. The lowest BCUT2D eigenvalue weighted by Crippen LogP contribution is -2.27. The van der Waals surface area contributed by atoms with Gasteiger partial charge in [0.2, 0.25) is 0 Å². The first-order valence-corrected chi connectivity index (χ1v) is 7.30. The van der Waals surface area contributed by atoms with Crippen LogP contribution in [-0.4, -0.2) is 12.0 Å². The molecule has 1 saturated carbocycles. The van der Waals surface area contributed by atoms with Crippen LogP contribution in [-0.2, 0) is 6.61 Å². The molecule has 0 saturated heterocycles. The summed E-state index contributed by atoms with van der Waals surface area (Å²) in [5.74, 6) is 7.46. The smallest absolute Gasteiger partial charge is 0.140 e. The van der Waals surface area contributed by atoms with Crippen LogP contribution in [0.25, 0.3) is 0 Å². The van der Waals surface area contributed by atoms with E-state index in [1.54, 1.807) is 17.4 Å². The molecule has 0 atom stereocenters. The third-order valence-corrected chi connectivity index (χ3v) is 3.95. The zero-order valence-electron chi connectivity index (χ0n) is 12.5. The van der Waals surface area contributed by atoms with Crippen molar-refractivity contribution in [3.8, 4) is 5.75 Å². The molecule has 4 nitrogen and oxygen atoms in total. The Labute approximate surface area is 125 Å². The van der Waals surface area contributed by atoms with E-state index in [0.29, 0.717) is 12.5 Å². The van der Waals surface area contributed by atoms with E-state index in [1.165, 1.54) is 24.0 Å². The number of nitrogens with zero attached hydrogens (tertiary/aromatic N) is 2. The van der Waals surface area contributed by atoms with Crippen LogP contribution in [0.2, 0.25) is 0 Å². The van der Waals surface area contributed by atoms with E-state index in [0.717, 1.165) is 17.0 Å². The van der Waals surface area contributed by atoms with Crippen molar-refractivity contribution in [3.63, 3.8) is 0 Å². The van der Waals surface area contributed by atoms with Crippen molar-refractivity contribution in [1.29, 1.82) is 0 Å². The number of hydrogen-bond donors (Lipinski definition) is 1. The van der Waals surface area contributed by atoms with E-state index in [2.05, 4.69) is 17.1 Å². The monoisotopic (exact) mass is 283 g/mol. The number of rotatable bonds is 5. The first-order chi connectivity index (χ1) is 10.2. The van der Waals surface area contributed by atoms with E-state index >= 15 is 0 Å². The Bertz CT molecular complexity index is 615. The van der Waals surface area contributed by atoms with Crippen LogP contribution in [0.3, 0.4) is 0 Å². The molecule has 0 bridgehead atoms. The van der Waals surface area contributed by atoms with Gasteiger partial charge in [0.05, 0.1) is 11.9 Å². The molecule has 0 unspecified atom stereocenters. The third kappa shape index (κ3) is 3.00. The fraction of sp³-hybridized carbons (Fsp3) is 0.353. The highest BCUT2D eigenvalue weighted by atomic mass is 16.5. The van der Waals surface area contributed by atoms with Gasteiger partial charge in [-0.3, -0.25) is 4.98 Å². The molecule has 1 aromatic heterocycles. The Morgan fingerprint density at radius 3 is 2.81 bits per heavy atom. The van der Waals surface area contributed by atoms with E-state index in [1.807, 2.05) is 26.1 Å². The summed E-state index contributed by atoms with van der Waals surface area (Å²) in [7, 11) is 1.87. The molecule has 2 aromatic rings. The molecule has 2 N–H and O–H groups in total. The van der Waals surface area contributed by atoms with Gasteiger partial charge in [-0.2, -0.15) is 0 Å². The molecule has 1 aliphatic carbocycles. The highest BCUT2D eigenvalue weighted by Crippen LogP contribution is 2.43. The standard InChI is InChI=1S/C17H21N3O/c1-12-8-9-19-10-17(12)21-11-15-14(13-6-7-13)4-3-5-16(15)20(2)18/h3-5,8-10,13H,6-7,11,18H2,1-2H3. The number of aromatic nitrogens is 1. The molecule has 0 amide bonds. The summed E-state index contributed by atoms with van der Waals surface area (Å²) in [5, 5.41) is 1.67. The number of nitrogens with two attached hydrogens (primary N) is 1. The van der Waals surface area contributed by atoms with Crippen LogP contribution in [0.15, 0.2) is 36.7 Å².